The molecule has 1 saturated heterocycles. The minimum Gasteiger partial charge on any atom is -0.367 e. The Labute approximate surface area is 124 Å². The largest absolute Gasteiger partial charge is 0.367 e. The molecule has 1 unspecified atom stereocenters. The van der Waals surface area contributed by atoms with E-state index in [-0.39, 0.29) is 10.6 Å². The van der Waals surface area contributed by atoms with E-state index in [1.54, 1.807) is 13.2 Å². The Bertz CT molecular complexity index is 508. The number of aryl methyl sites for hydroxylation is 1. The van der Waals surface area contributed by atoms with Crippen molar-refractivity contribution in [3.8, 4) is 0 Å². The minimum atomic E-state index is -0.239. The van der Waals surface area contributed by atoms with Crippen molar-refractivity contribution in [1.82, 2.24) is 15.1 Å². The van der Waals surface area contributed by atoms with E-state index >= 15 is 0 Å². The van der Waals surface area contributed by atoms with Gasteiger partial charge in [0.05, 0.1) is 11.9 Å². The van der Waals surface area contributed by atoms with Gasteiger partial charge in [0.25, 0.3) is 5.56 Å². The molecule has 1 aliphatic rings. The summed E-state index contributed by atoms with van der Waals surface area (Å²) >= 11 is 6.23. The standard InChI is InChI=1S/C14H23ClN4O/c1-10(2)8-19(9-11-5-4-6-16-11)12-7-17-18(3)14(20)13(12)15/h7,10-11,16H,4-6,8-9H2,1-3H3. The number of aromatic nitrogens is 2. The molecule has 2 rings (SSSR count). The Morgan fingerprint density at radius 2 is 2.35 bits per heavy atom. The summed E-state index contributed by atoms with van der Waals surface area (Å²) in [5.41, 5.74) is 0.509. The van der Waals surface area contributed by atoms with Crippen LogP contribution in [0, 0.1) is 5.92 Å². The maximum absolute atomic E-state index is 11.9. The third-order valence-corrected chi connectivity index (χ3v) is 3.94. The van der Waals surface area contributed by atoms with Crippen LogP contribution in [0.4, 0.5) is 5.69 Å². The van der Waals surface area contributed by atoms with Gasteiger partial charge in [-0.05, 0) is 25.3 Å². The number of halogens is 1. The first-order valence-electron chi connectivity index (χ1n) is 7.19. The molecule has 1 aromatic rings. The van der Waals surface area contributed by atoms with Crippen LogP contribution in [-0.2, 0) is 7.05 Å². The second-order valence-corrected chi connectivity index (χ2v) is 6.24. The van der Waals surface area contributed by atoms with Gasteiger partial charge in [0.2, 0.25) is 0 Å². The van der Waals surface area contributed by atoms with Crippen LogP contribution in [0.2, 0.25) is 5.02 Å². The molecular formula is C14H23ClN4O. The summed E-state index contributed by atoms with van der Waals surface area (Å²) in [6.45, 7) is 7.14. The van der Waals surface area contributed by atoms with Crippen molar-refractivity contribution in [1.29, 1.82) is 0 Å². The summed E-state index contributed by atoms with van der Waals surface area (Å²) in [4.78, 5) is 14.1. The molecular weight excluding hydrogens is 276 g/mol. The van der Waals surface area contributed by atoms with Gasteiger partial charge >= 0.3 is 0 Å². The topological polar surface area (TPSA) is 50.2 Å². The molecule has 0 amide bonds. The first-order valence-corrected chi connectivity index (χ1v) is 7.57. The maximum atomic E-state index is 11.9. The van der Waals surface area contributed by atoms with Crippen LogP contribution in [0.25, 0.3) is 0 Å². The lowest BCUT2D eigenvalue weighted by Crippen LogP contribution is -2.40. The monoisotopic (exact) mass is 298 g/mol. The molecule has 0 saturated carbocycles. The fourth-order valence-electron chi connectivity index (χ4n) is 2.61. The Balaban J connectivity index is 2.25. The van der Waals surface area contributed by atoms with Gasteiger partial charge in [-0.3, -0.25) is 4.79 Å². The highest BCUT2D eigenvalue weighted by Crippen LogP contribution is 2.23. The van der Waals surface area contributed by atoms with Crippen molar-refractivity contribution in [2.75, 3.05) is 24.5 Å². The van der Waals surface area contributed by atoms with Gasteiger partial charge in [0, 0.05) is 26.2 Å². The number of anilines is 1. The average Bonchev–Trinajstić information content (AvgIpc) is 2.88. The molecule has 0 bridgehead atoms. The Kier molecular flexibility index (Phi) is 5.05. The van der Waals surface area contributed by atoms with E-state index in [4.69, 9.17) is 11.6 Å². The molecule has 1 N–H and O–H groups in total. The number of hydrogen-bond acceptors (Lipinski definition) is 4. The molecule has 0 aliphatic carbocycles. The van der Waals surface area contributed by atoms with E-state index in [1.807, 2.05) is 0 Å². The average molecular weight is 299 g/mol. The Hall–Kier alpha value is -1.07. The van der Waals surface area contributed by atoms with Crippen molar-refractivity contribution in [3.05, 3.63) is 21.6 Å². The number of nitrogens with one attached hydrogen (secondary N) is 1. The fourth-order valence-corrected chi connectivity index (χ4v) is 2.90. The molecule has 0 spiro atoms. The molecule has 2 heterocycles. The summed E-state index contributed by atoms with van der Waals surface area (Å²) in [6.07, 6.45) is 4.08. The zero-order valence-corrected chi connectivity index (χ0v) is 13.2. The molecule has 0 aromatic carbocycles. The third-order valence-electron chi connectivity index (χ3n) is 3.59. The van der Waals surface area contributed by atoms with Crippen molar-refractivity contribution >= 4 is 17.3 Å². The molecule has 1 aromatic heterocycles. The van der Waals surface area contributed by atoms with Crippen LogP contribution in [0.3, 0.4) is 0 Å². The normalized spacial score (nSPS) is 18.8. The van der Waals surface area contributed by atoms with Crippen molar-refractivity contribution in [3.63, 3.8) is 0 Å². The fraction of sp³-hybridized carbons (Fsp3) is 0.714. The summed E-state index contributed by atoms with van der Waals surface area (Å²) < 4.78 is 1.27. The molecule has 112 valence electrons. The second kappa shape index (κ2) is 6.59. The molecule has 1 atom stereocenters. The van der Waals surface area contributed by atoms with Crippen molar-refractivity contribution < 1.29 is 0 Å². The molecule has 0 radical (unpaired) electrons. The Morgan fingerprint density at radius 3 is 2.95 bits per heavy atom. The lowest BCUT2D eigenvalue weighted by atomic mass is 10.1. The molecule has 20 heavy (non-hydrogen) atoms. The van der Waals surface area contributed by atoms with Crippen molar-refractivity contribution in [2.24, 2.45) is 13.0 Å². The van der Waals surface area contributed by atoms with E-state index in [2.05, 4.69) is 29.2 Å². The number of hydrogen-bond donors (Lipinski definition) is 1. The van der Waals surface area contributed by atoms with Gasteiger partial charge < -0.3 is 10.2 Å². The van der Waals surface area contributed by atoms with E-state index in [1.165, 1.54) is 17.5 Å². The third kappa shape index (κ3) is 3.52. The lowest BCUT2D eigenvalue weighted by Gasteiger charge is -2.29. The molecule has 1 aliphatic heterocycles. The number of nitrogens with zero attached hydrogens (tertiary/aromatic N) is 3. The van der Waals surface area contributed by atoms with Crippen LogP contribution in [0.1, 0.15) is 26.7 Å². The van der Waals surface area contributed by atoms with Crippen LogP contribution >= 0.6 is 11.6 Å². The van der Waals surface area contributed by atoms with Crippen molar-refractivity contribution in [2.45, 2.75) is 32.7 Å². The Morgan fingerprint density at radius 1 is 1.60 bits per heavy atom. The zero-order chi connectivity index (χ0) is 14.7. The van der Waals surface area contributed by atoms with Crippen LogP contribution < -0.4 is 15.8 Å². The zero-order valence-electron chi connectivity index (χ0n) is 12.4. The summed E-state index contributed by atoms with van der Waals surface area (Å²) in [7, 11) is 1.61. The van der Waals surface area contributed by atoms with E-state index in [9.17, 15) is 4.79 Å². The van der Waals surface area contributed by atoms with E-state index in [0.29, 0.717) is 12.0 Å². The number of rotatable bonds is 5. The predicted octanol–water partition coefficient (Wildman–Crippen LogP) is 1.65. The molecule has 6 heteroatoms. The minimum absolute atomic E-state index is 0.239. The highest BCUT2D eigenvalue weighted by atomic mass is 35.5. The van der Waals surface area contributed by atoms with E-state index < -0.39 is 0 Å². The van der Waals surface area contributed by atoms with Gasteiger partial charge in [0.1, 0.15) is 5.02 Å². The van der Waals surface area contributed by atoms with Crippen LogP contribution in [-0.4, -0.2) is 35.5 Å². The quantitative estimate of drug-likeness (QED) is 0.898. The first kappa shape index (κ1) is 15.3. The van der Waals surface area contributed by atoms with Crippen LogP contribution in [0.15, 0.2) is 11.0 Å². The second-order valence-electron chi connectivity index (χ2n) is 5.86. The smallest absolute Gasteiger partial charge is 0.287 e. The van der Waals surface area contributed by atoms with Gasteiger partial charge in [-0.1, -0.05) is 25.4 Å². The summed E-state index contributed by atoms with van der Waals surface area (Å²) in [6, 6.07) is 0.467. The summed E-state index contributed by atoms with van der Waals surface area (Å²) in [5.74, 6) is 0.497. The van der Waals surface area contributed by atoms with Gasteiger partial charge in [-0.25, -0.2) is 4.68 Å². The van der Waals surface area contributed by atoms with Gasteiger partial charge in [-0.15, -0.1) is 0 Å². The first-order chi connectivity index (χ1) is 9.49. The molecule has 1 fully saturated rings. The van der Waals surface area contributed by atoms with Gasteiger partial charge in [-0.2, -0.15) is 5.10 Å². The van der Waals surface area contributed by atoms with E-state index in [0.717, 1.165) is 25.3 Å². The lowest BCUT2D eigenvalue weighted by molar-refractivity contribution is 0.539. The highest BCUT2D eigenvalue weighted by molar-refractivity contribution is 6.33. The SMILES string of the molecule is CC(C)CN(CC1CCCN1)c1cnn(C)c(=O)c1Cl. The summed E-state index contributed by atoms with van der Waals surface area (Å²) in [5, 5.41) is 7.85. The highest BCUT2D eigenvalue weighted by Gasteiger charge is 2.21. The maximum Gasteiger partial charge on any atom is 0.287 e. The van der Waals surface area contributed by atoms with Gasteiger partial charge in [0.15, 0.2) is 0 Å². The van der Waals surface area contributed by atoms with Crippen LogP contribution in [0.5, 0.6) is 0 Å². The predicted molar refractivity (Wildman–Crippen MR) is 82.6 cm³/mol. The molecule has 5 nitrogen and oxygen atoms in total.